The highest BCUT2D eigenvalue weighted by Gasteiger charge is 2.38. The normalized spacial score (nSPS) is 13.7. The molecule has 0 fully saturated rings. The molecule has 4 heteroatoms. The zero-order valence-electron chi connectivity index (χ0n) is 24.2. The molecule has 1 aliphatic rings. The summed E-state index contributed by atoms with van der Waals surface area (Å²) in [6.07, 6.45) is 2.13. The van der Waals surface area contributed by atoms with E-state index < -0.39 is 10.0 Å². The van der Waals surface area contributed by atoms with Crippen molar-refractivity contribution in [2.24, 2.45) is 4.99 Å². The van der Waals surface area contributed by atoms with E-state index in [2.05, 4.69) is 180 Å². The number of rotatable bonds is 6. The molecule has 44 heavy (non-hydrogen) atoms. The predicted molar refractivity (Wildman–Crippen MR) is 186 cm³/mol. The monoisotopic (exact) mass is 585 g/mol. The van der Waals surface area contributed by atoms with Crippen molar-refractivity contribution in [3.8, 4) is 5.69 Å². The minimum Gasteiger partial charge on any atom is -0.365 e. The van der Waals surface area contributed by atoms with Gasteiger partial charge >= 0.3 is 0 Å². The Kier molecular flexibility index (Phi) is 6.62. The standard InChI is InChI=1S/C40H31N3S/c1-5-15-30(16-6-1)40-39(28-41-29-42-40)44(32-19-9-3-10-20-32,33-21-11-4-12-22-33)34-25-26-38-36(27-34)35-23-13-14-24-37(35)43(38)31-17-7-2-8-18-31/h1-28,42H,29H2. The molecule has 0 spiro atoms. The maximum Gasteiger partial charge on any atom is 0.107 e. The summed E-state index contributed by atoms with van der Waals surface area (Å²) in [5.41, 5.74) is 5.86. The Bertz CT molecular complexity index is 2110. The van der Waals surface area contributed by atoms with E-state index in [4.69, 9.17) is 4.99 Å². The maximum atomic E-state index is 4.86. The van der Waals surface area contributed by atoms with Crippen LogP contribution in [0.3, 0.4) is 0 Å². The molecule has 1 aliphatic heterocycles. The van der Waals surface area contributed by atoms with Gasteiger partial charge in [0, 0.05) is 42.3 Å². The quantitative estimate of drug-likeness (QED) is 0.207. The Labute approximate surface area is 259 Å². The van der Waals surface area contributed by atoms with Crippen LogP contribution in [0, 0.1) is 0 Å². The molecule has 8 rings (SSSR count). The third-order valence-electron chi connectivity index (χ3n) is 8.40. The average Bonchev–Trinajstić information content (AvgIpc) is 3.44. The van der Waals surface area contributed by atoms with Crippen LogP contribution in [0.4, 0.5) is 0 Å². The zero-order valence-corrected chi connectivity index (χ0v) is 25.0. The highest BCUT2D eigenvalue weighted by atomic mass is 32.3. The first kappa shape index (κ1) is 26.3. The van der Waals surface area contributed by atoms with Crippen LogP contribution < -0.4 is 5.32 Å². The Morgan fingerprint density at radius 2 is 1.09 bits per heavy atom. The second-order valence-electron chi connectivity index (χ2n) is 10.9. The van der Waals surface area contributed by atoms with E-state index in [0.717, 1.165) is 11.4 Å². The molecule has 212 valence electrons. The molecule has 1 aromatic heterocycles. The Morgan fingerprint density at radius 1 is 0.523 bits per heavy atom. The van der Waals surface area contributed by atoms with Crippen LogP contribution in [0.1, 0.15) is 5.56 Å². The number of nitrogens with zero attached hydrogens (tertiary/aromatic N) is 2. The molecule has 0 radical (unpaired) electrons. The summed E-state index contributed by atoms with van der Waals surface area (Å²) >= 11 is 0. The van der Waals surface area contributed by atoms with E-state index in [0.29, 0.717) is 6.67 Å². The van der Waals surface area contributed by atoms with Crippen molar-refractivity contribution in [2.75, 3.05) is 6.67 Å². The largest absolute Gasteiger partial charge is 0.365 e. The van der Waals surface area contributed by atoms with Gasteiger partial charge in [0.15, 0.2) is 0 Å². The van der Waals surface area contributed by atoms with E-state index in [-0.39, 0.29) is 0 Å². The third kappa shape index (κ3) is 4.18. The third-order valence-corrected chi connectivity index (χ3v) is 12.3. The number of hydrogen-bond acceptors (Lipinski definition) is 2. The van der Waals surface area contributed by atoms with Crippen LogP contribution in [0.2, 0.25) is 0 Å². The molecular formula is C40H31N3S. The second-order valence-corrected chi connectivity index (χ2v) is 13.9. The molecular weight excluding hydrogens is 555 g/mol. The van der Waals surface area contributed by atoms with Crippen molar-refractivity contribution in [1.29, 1.82) is 0 Å². The Balaban J connectivity index is 1.51. The molecule has 0 atom stereocenters. The summed E-state index contributed by atoms with van der Waals surface area (Å²) in [6, 6.07) is 59.2. The van der Waals surface area contributed by atoms with Gasteiger partial charge in [-0.3, -0.25) is 4.99 Å². The van der Waals surface area contributed by atoms with Crippen LogP contribution in [-0.2, 0) is 0 Å². The van der Waals surface area contributed by atoms with Gasteiger partial charge in [-0.05, 0) is 66.2 Å². The van der Waals surface area contributed by atoms with Gasteiger partial charge in [0.1, 0.15) is 6.67 Å². The molecule has 3 nitrogen and oxygen atoms in total. The van der Waals surface area contributed by atoms with E-state index in [1.54, 1.807) is 0 Å². The van der Waals surface area contributed by atoms with Crippen molar-refractivity contribution in [1.82, 2.24) is 9.88 Å². The highest BCUT2D eigenvalue weighted by Crippen LogP contribution is 2.74. The molecule has 2 heterocycles. The molecule has 6 aromatic carbocycles. The van der Waals surface area contributed by atoms with Gasteiger partial charge in [-0.2, -0.15) is 0 Å². The van der Waals surface area contributed by atoms with Crippen LogP contribution in [0.5, 0.6) is 0 Å². The topological polar surface area (TPSA) is 29.3 Å². The highest BCUT2D eigenvalue weighted by molar-refractivity contribution is 8.37. The first-order chi connectivity index (χ1) is 21.9. The van der Waals surface area contributed by atoms with E-state index >= 15 is 0 Å². The van der Waals surface area contributed by atoms with Crippen molar-refractivity contribution < 1.29 is 0 Å². The van der Waals surface area contributed by atoms with Crippen LogP contribution in [-0.4, -0.2) is 17.5 Å². The lowest BCUT2D eigenvalue weighted by Gasteiger charge is -2.44. The summed E-state index contributed by atoms with van der Waals surface area (Å²) in [4.78, 5) is 9.89. The zero-order chi connectivity index (χ0) is 29.3. The SMILES string of the molecule is C1=NCNC(c2ccccc2)=C1S(c1ccccc1)(c1ccccc1)c1ccc2c(c1)c1ccccc1n2-c1ccccc1. The molecule has 0 unspecified atom stereocenters. The van der Waals surface area contributed by atoms with Crippen molar-refractivity contribution >= 4 is 43.7 Å². The van der Waals surface area contributed by atoms with Crippen LogP contribution >= 0.6 is 10.0 Å². The number of nitrogens with one attached hydrogen (secondary N) is 1. The summed E-state index contributed by atoms with van der Waals surface area (Å²) in [7, 11) is -1.99. The van der Waals surface area contributed by atoms with E-state index in [1.165, 1.54) is 47.0 Å². The lowest BCUT2D eigenvalue weighted by molar-refractivity contribution is 0.896. The van der Waals surface area contributed by atoms with Crippen molar-refractivity contribution in [3.05, 3.63) is 174 Å². The molecule has 0 saturated carbocycles. The Morgan fingerprint density at radius 3 is 1.77 bits per heavy atom. The molecule has 7 aromatic rings. The Hall–Kier alpha value is -5.32. The molecule has 0 bridgehead atoms. The van der Waals surface area contributed by atoms with Gasteiger partial charge in [-0.1, -0.05) is 103 Å². The first-order valence-corrected chi connectivity index (χ1v) is 16.5. The molecule has 0 amide bonds. The van der Waals surface area contributed by atoms with E-state index in [9.17, 15) is 0 Å². The number of allylic oxidation sites excluding steroid dienone is 1. The first-order valence-electron chi connectivity index (χ1n) is 14.9. The lowest BCUT2D eigenvalue weighted by atomic mass is 10.1. The number of aromatic nitrogens is 1. The van der Waals surface area contributed by atoms with Gasteiger partial charge in [0.2, 0.25) is 0 Å². The number of aliphatic imine (C=N–C) groups is 1. The van der Waals surface area contributed by atoms with E-state index in [1.807, 2.05) is 0 Å². The van der Waals surface area contributed by atoms with Crippen LogP contribution in [0.25, 0.3) is 33.2 Å². The average molecular weight is 586 g/mol. The predicted octanol–water partition coefficient (Wildman–Crippen LogP) is 10.1. The minimum absolute atomic E-state index is 0.552. The van der Waals surface area contributed by atoms with Gasteiger partial charge < -0.3 is 9.88 Å². The lowest BCUT2D eigenvalue weighted by Crippen LogP contribution is -2.22. The number of hydrogen-bond donors (Lipinski definition) is 1. The second kappa shape index (κ2) is 11.1. The smallest absolute Gasteiger partial charge is 0.107 e. The maximum absolute atomic E-state index is 4.86. The van der Waals surface area contributed by atoms with Crippen molar-refractivity contribution in [3.63, 3.8) is 0 Å². The van der Waals surface area contributed by atoms with Gasteiger partial charge in [0.25, 0.3) is 0 Å². The minimum atomic E-state index is -1.99. The fraction of sp³-hybridized carbons (Fsp3) is 0.0250. The number of fused-ring (bicyclic) bond motifs is 3. The number of para-hydroxylation sites is 2. The molecule has 1 N–H and O–H groups in total. The fourth-order valence-electron chi connectivity index (χ4n) is 6.52. The summed E-state index contributed by atoms with van der Waals surface area (Å²) in [6.45, 7) is 0.552. The van der Waals surface area contributed by atoms with Gasteiger partial charge in [-0.15, -0.1) is 10.0 Å². The van der Waals surface area contributed by atoms with Crippen molar-refractivity contribution in [2.45, 2.75) is 14.7 Å². The number of benzene rings is 6. The summed E-state index contributed by atoms with van der Waals surface area (Å²) in [5.74, 6) is 0. The molecule has 0 aliphatic carbocycles. The molecule has 0 saturated heterocycles. The van der Waals surface area contributed by atoms with Crippen LogP contribution in [0.15, 0.2) is 188 Å². The van der Waals surface area contributed by atoms with Gasteiger partial charge in [0.05, 0.1) is 16.7 Å². The summed E-state index contributed by atoms with van der Waals surface area (Å²) < 4.78 is 2.38. The summed E-state index contributed by atoms with van der Waals surface area (Å²) in [5, 5.41) is 6.18. The fourth-order valence-corrected chi connectivity index (χ4v) is 10.5. The van der Waals surface area contributed by atoms with Gasteiger partial charge in [-0.25, -0.2) is 0 Å².